The minimum absolute atomic E-state index is 0.115. The molecule has 0 fully saturated rings. The highest BCUT2D eigenvalue weighted by Crippen LogP contribution is 2.18. The maximum Gasteiger partial charge on any atom is 0.224 e. The molecule has 0 unspecified atom stereocenters. The molecule has 3 N–H and O–H groups in total. The first-order valence-electron chi connectivity index (χ1n) is 5.42. The van der Waals surface area contributed by atoms with Crippen LogP contribution < -0.4 is 11.1 Å². The summed E-state index contributed by atoms with van der Waals surface area (Å²) in [5, 5.41) is 2.28. The molecule has 0 radical (unpaired) electrons. The molecule has 0 aliphatic carbocycles. The van der Waals surface area contributed by atoms with E-state index in [9.17, 15) is 18.0 Å². The number of anilines is 1. The van der Waals surface area contributed by atoms with E-state index in [4.69, 9.17) is 5.73 Å². The summed E-state index contributed by atoms with van der Waals surface area (Å²) >= 11 is 0. The van der Waals surface area contributed by atoms with Gasteiger partial charge in [-0.3, -0.25) is 4.79 Å². The van der Waals surface area contributed by atoms with Gasteiger partial charge in [0.1, 0.15) is 0 Å². The van der Waals surface area contributed by atoms with Crippen LogP contribution in [0.1, 0.15) is 26.7 Å². The maximum atomic E-state index is 12.9. The van der Waals surface area contributed by atoms with Gasteiger partial charge in [0.15, 0.2) is 17.5 Å². The van der Waals surface area contributed by atoms with Gasteiger partial charge in [-0.2, -0.15) is 0 Å². The van der Waals surface area contributed by atoms with Crippen LogP contribution in [0.2, 0.25) is 0 Å². The Kier molecular flexibility index (Phi) is 4.34. The summed E-state index contributed by atoms with van der Waals surface area (Å²) in [4.78, 5) is 11.5. The molecule has 0 aromatic heterocycles. The van der Waals surface area contributed by atoms with Gasteiger partial charge in [-0.1, -0.05) is 0 Å². The van der Waals surface area contributed by atoms with Crippen molar-refractivity contribution in [2.45, 2.75) is 32.2 Å². The molecule has 0 spiro atoms. The van der Waals surface area contributed by atoms with Crippen LogP contribution in [0, 0.1) is 17.5 Å². The highest BCUT2D eigenvalue weighted by molar-refractivity contribution is 5.90. The largest absolute Gasteiger partial charge is 0.326 e. The Morgan fingerprint density at radius 2 is 1.78 bits per heavy atom. The maximum absolute atomic E-state index is 12.9. The van der Waals surface area contributed by atoms with Gasteiger partial charge in [0, 0.05) is 29.8 Å². The average Bonchev–Trinajstić information content (AvgIpc) is 2.22. The van der Waals surface area contributed by atoms with E-state index in [1.54, 1.807) is 13.8 Å². The summed E-state index contributed by atoms with van der Waals surface area (Å²) in [6, 6.07) is 1.45. The average molecular weight is 260 g/mol. The van der Waals surface area contributed by atoms with E-state index < -0.39 is 28.9 Å². The van der Waals surface area contributed by atoms with Gasteiger partial charge < -0.3 is 11.1 Å². The summed E-state index contributed by atoms with van der Waals surface area (Å²) in [5.74, 6) is -4.68. The number of hydrogen-bond donors (Lipinski definition) is 2. The zero-order chi connectivity index (χ0) is 13.9. The quantitative estimate of drug-likeness (QED) is 0.817. The summed E-state index contributed by atoms with van der Waals surface area (Å²) in [5.41, 5.74) is 5.07. The van der Waals surface area contributed by atoms with E-state index in [0.29, 0.717) is 6.42 Å². The minimum atomic E-state index is -1.56. The third-order valence-electron chi connectivity index (χ3n) is 2.26. The lowest BCUT2D eigenvalue weighted by Gasteiger charge is -2.17. The predicted molar refractivity (Wildman–Crippen MR) is 62.4 cm³/mol. The molecule has 0 aliphatic rings. The van der Waals surface area contributed by atoms with Crippen LogP contribution in [-0.2, 0) is 4.79 Å². The first-order valence-corrected chi connectivity index (χ1v) is 5.42. The second-order valence-corrected chi connectivity index (χ2v) is 4.79. The van der Waals surface area contributed by atoms with Gasteiger partial charge >= 0.3 is 0 Å². The Morgan fingerprint density at radius 1 is 1.28 bits per heavy atom. The minimum Gasteiger partial charge on any atom is -0.326 e. The third-order valence-corrected chi connectivity index (χ3v) is 2.26. The molecule has 0 saturated heterocycles. The first kappa shape index (κ1) is 14.5. The van der Waals surface area contributed by atoms with Crippen LogP contribution in [0.4, 0.5) is 18.9 Å². The molecule has 3 nitrogen and oxygen atoms in total. The molecule has 0 atom stereocenters. The number of nitrogens with two attached hydrogens (primary N) is 1. The standard InChI is InChI=1S/C12H15F3N2O/c1-12(2,16)4-3-10(18)17-7-5-8(13)11(15)9(14)6-7/h5-6H,3-4,16H2,1-2H3,(H,17,18). The lowest BCUT2D eigenvalue weighted by molar-refractivity contribution is -0.116. The van der Waals surface area contributed by atoms with Gasteiger partial charge in [-0.15, -0.1) is 0 Å². The van der Waals surface area contributed by atoms with E-state index in [-0.39, 0.29) is 12.1 Å². The molecule has 0 heterocycles. The molecule has 0 bridgehead atoms. The fourth-order valence-corrected chi connectivity index (χ4v) is 1.29. The lowest BCUT2D eigenvalue weighted by Crippen LogP contribution is -2.33. The lowest BCUT2D eigenvalue weighted by atomic mass is 10.00. The van der Waals surface area contributed by atoms with Crippen LogP contribution in [0.3, 0.4) is 0 Å². The number of hydrogen-bond acceptors (Lipinski definition) is 2. The molecular formula is C12H15F3N2O. The van der Waals surface area contributed by atoms with Crippen molar-refractivity contribution >= 4 is 11.6 Å². The van der Waals surface area contributed by atoms with Crippen molar-refractivity contribution in [3.8, 4) is 0 Å². The van der Waals surface area contributed by atoms with Crippen molar-refractivity contribution in [1.82, 2.24) is 0 Å². The predicted octanol–water partition coefficient (Wildman–Crippen LogP) is 2.56. The van der Waals surface area contributed by atoms with E-state index in [2.05, 4.69) is 5.32 Å². The Labute approximate surface area is 103 Å². The van der Waals surface area contributed by atoms with Crippen molar-refractivity contribution in [3.05, 3.63) is 29.6 Å². The topological polar surface area (TPSA) is 55.1 Å². The van der Waals surface area contributed by atoms with Crippen LogP contribution in [0.5, 0.6) is 0 Å². The van der Waals surface area contributed by atoms with Gasteiger partial charge in [0.05, 0.1) is 0 Å². The number of halogens is 3. The molecular weight excluding hydrogens is 245 g/mol. The normalized spacial score (nSPS) is 11.4. The van der Waals surface area contributed by atoms with Gasteiger partial charge in [0.25, 0.3) is 0 Å². The fourth-order valence-electron chi connectivity index (χ4n) is 1.29. The number of amides is 1. The summed E-state index contributed by atoms with van der Waals surface area (Å²) < 4.78 is 38.4. The van der Waals surface area contributed by atoms with Crippen LogP contribution in [0.15, 0.2) is 12.1 Å². The number of carbonyl (C=O) groups is 1. The molecule has 1 aromatic rings. The molecule has 1 amide bonds. The number of carbonyl (C=O) groups excluding carboxylic acids is 1. The van der Waals surface area contributed by atoms with Crippen LogP contribution >= 0.6 is 0 Å². The summed E-state index contributed by atoms with van der Waals surface area (Å²) in [6.07, 6.45) is 0.537. The smallest absolute Gasteiger partial charge is 0.224 e. The molecule has 18 heavy (non-hydrogen) atoms. The molecule has 100 valence electrons. The second-order valence-electron chi connectivity index (χ2n) is 4.79. The van der Waals surface area contributed by atoms with E-state index >= 15 is 0 Å². The highest BCUT2D eigenvalue weighted by atomic mass is 19.2. The third kappa shape index (κ3) is 4.37. The van der Waals surface area contributed by atoms with E-state index in [0.717, 1.165) is 12.1 Å². The number of rotatable bonds is 4. The zero-order valence-electron chi connectivity index (χ0n) is 10.2. The molecule has 0 saturated carbocycles. The molecule has 1 aromatic carbocycles. The van der Waals surface area contributed by atoms with Crippen LogP contribution in [-0.4, -0.2) is 11.4 Å². The summed E-state index contributed by atoms with van der Waals surface area (Å²) in [6.45, 7) is 3.52. The Morgan fingerprint density at radius 3 is 2.22 bits per heavy atom. The van der Waals surface area contributed by atoms with E-state index in [1.807, 2.05) is 0 Å². The van der Waals surface area contributed by atoms with Crippen LogP contribution in [0.25, 0.3) is 0 Å². The van der Waals surface area contributed by atoms with E-state index in [1.165, 1.54) is 0 Å². The van der Waals surface area contributed by atoms with Crippen molar-refractivity contribution in [2.75, 3.05) is 5.32 Å². The van der Waals surface area contributed by atoms with Gasteiger partial charge in [-0.25, -0.2) is 13.2 Å². The monoisotopic (exact) mass is 260 g/mol. The molecule has 0 aliphatic heterocycles. The number of nitrogens with one attached hydrogen (secondary N) is 1. The van der Waals surface area contributed by atoms with Gasteiger partial charge in [-0.05, 0) is 20.3 Å². The zero-order valence-corrected chi connectivity index (χ0v) is 10.2. The van der Waals surface area contributed by atoms with Crippen molar-refractivity contribution in [3.63, 3.8) is 0 Å². The Balaban J connectivity index is 2.65. The van der Waals surface area contributed by atoms with Crippen molar-refractivity contribution in [2.24, 2.45) is 5.73 Å². The molecule has 1 rings (SSSR count). The summed E-state index contributed by atoms with van der Waals surface area (Å²) in [7, 11) is 0. The van der Waals surface area contributed by atoms with Crippen molar-refractivity contribution < 1.29 is 18.0 Å². The SMILES string of the molecule is CC(C)(N)CCC(=O)Nc1cc(F)c(F)c(F)c1. The fraction of sp³-hybridized carbons (Fsp3) is 0.417. The van der Waals surface area contributed by atoms with Crippen molar-refractivity contribution in [1.29, 1.82) is 0 Å². The number of benzene rings is 1. The second kappa shape index (κ2) is 5.39. The molecule has 6 heteroatoms. The Hall–Kier alpha value is -1.56. The Bertz CT molecular complexity index is 432. The van der Waals surface area contributed by atoms with Gasteiger partial charge in [0.2, 0.25) is 5.91 Å². The highest BCUT2D eigenvalue weighted by Gasteiger charge is 2.15. The first-order chi connectivity index (χ1) is 8.19.